The molecule has 4 rings (SSSR count). The van der Waals surface area contributed by atoms with Crippen LogP contribution in [0, 0.1) is 13.8 Å². The summed E-state index contributed by atoms with van der Waals surface area (Å²) in [7, 11) is 1.87. The third-order valence-corrected chi connectivity index (χ3v) is 6.82. The molecule has 2 bridgehead atoms. The quantitative estimate of drug-likeness (QED) is 0.910. The monoisotopic (exact) mass is 345 g/mol. The van der Waals surface area contributed by atoms with Gasteiger partial charge in [-0.1, -0.05) is 0 Å². The molecule has 4 heterocycles. The minimum absolute atomic E-state index is 0.110. The maximum Gasteiger partial charge on any atom is 0.264 e. The standard InChI is InChI=1S/C18H23N3O2S/c1-11-8-15(24-12(11)2)17(22)21-13-4-5-14(21)10-18(23,9-13)16-6-7-19-20(16)3/h6-8,13-14,23H,4-5,9-10H2,1-3H3/t13-,14+,18?. The zero-order valence-corrected chi connectivity index (χ0v) is 15.1. The third kappa shape index (κ3) is 2.31. The molecule has 2 aliphatic heterocycles. The van der Waals surface area contributed by atoms with E-state index in [0.717, 1.165) is 23.4 Å². The topological polar surface area (TPSA) is 58.4 Å². The highest BCUT2D eigenvalue weighted by molar-refractivity contribution is 7.14. The molecule has 0 radical (unpaired) electrons. The average molecular weight is 345 g/mol. The molecule has 2 aliphatic rings. The number of piperidine rings is 1. The van der Waals surface area contributed by atoms with Gasteiger partial charge in [-0.05, 0) is 44.4 Å². The van der Waals surface area contributed by atoms with Crippen LogP contribution in [0.25, 0.3) is 0 Å². The largest absolute Gasteiger partial charge is 0.383 e. The van der Waals surface area contributed by atoms with Gasteiger partial charge in [-0.2, -0.15) is 5.10 Å². The van der Waals surface area contributed by atoms with Crippen molar-refractivity contribution in [3.8, 4) is 0 Å². The molecule has 0 aromatic carbocycles. The van der Waals surface area contributed by atoms with Gasteiger partial charge in [0.05, 0.1) is 10.6 Å². The molecule has 0 saturated carbocycles. The van der Waals surface area contributed by atoms with E-state index in [9.17, 15) is 9.90 Å². The van der Waals surface area contributed by atoms with Crippen molar-refractivity contribution in [3.63, 3.8) is 0 Å². The van der Waals surface area contributed by atoms with E-state index in [4.69, 9.17) is 0 Å². The first-order chi connectivity index (χ1) is 11.4. The van der Waals surface area contributed by atoms with Crippen molar-refractivity contribution < 1.29 is 9.90 Å². The number of carbonyl (C=O) groups excluding carboxylic acids is 1. The number of amides is 1. The number of rotatable bonds is 2. The lowest BCUT2D eigenvalue weighted by molar-refractivity contribution is -0.0529. The van der Waals surface area contributed by atoms with Gasteiger partial charge in [0.1, 0.15) is 5.60 Å². The van der Waals surface area contributed by atoms with Crippen molar-refractivity contribution >= 4 is 17.2 Å². The molecule has 1 unspecified atom stereocenters. The molecule has 128 valence electrons. The molecule has 2 aromatic rings. The van der Waals surface area contributed by atoms with Gasteiger partial charge in [0.15, 0.2) is 0 Å². The number of aliphatic hydroxyl groups is 1. The molecule has 1 N–H and O–H groups in total. The predicted octanol–water partition coefficient (Wildman–Crippen LogP) is 2.75. The Balaban J connectivity index is 1.61. The molecule has 5 nitrogen and oxygen atoms in total. The second-order valence-corrected chi connectivity index (χ2v) is 8.48. The highest BCUT2D eigenvalue weighted by atomic mass is 32.1. The summed E-state index contributed by atoms with van der Waals surface area (Å²) in [4.78, 5) is 17.1. The van der Waals surface area contributed by atoms with Crippen LogP contribution in [0.1, 0.15) is 51.5 Å². The van der Waals surface area contributed by atoms with Gasteiger partial charge in [-0.3, -0.25) is 9.48 Å². The number of hydrogen-bond acceptors (Lipinski definition) is 4. The number of aromatic nitrogens is 2. The van der Waals surface area contributed by atoms with E-state index < -0.39 is 5.60 Å². The molecule has 2 fully saturated rings. The molecule has 2 saturated heterocycles. The fourth-order valence-corrected chi connectivity index (χ4v) is 5.38. The molecule has 6 heteroatoms. The van der Waals surface area contributed by atoms with Crippen LogP contribution in [0.5, 0.6) is 0 Å². The van der Waals surface area contributed by atoms with Crippen molar-refractivity contribution in [1.29, 1.82) is 0 Å². The van der Waals surface area contributed by atoms with Crippen LogP contribution in [0.4, 0.5) is 0 Å². The maximum absolute atomic E-state index is 13.0. The summed E-state index contributed by atoms with van der Waals surface area (Å²) in [5.74, 6) is 0.135. The fraction of sp³-hybridized carbons (Fsp3) is 0.556. The van der Waals surface area contributed by atoms with Gasteiger partial charge in [0.2, 0.25) is 0 Å². The van der Waals surface area contributed by atoms with Gasteiger partial charge < -0.3 is 10.0 Å². The molecular formula is C18H23N3O2S. The Bertz CT molecular complexity index is 761. The normalized spacial score (nSPS) is 29.2. The first kappa shape index (κ1) is 15.8. The Morgan fingerprint density at radius 2 is 2.00 bits per heavy atom. The number of aryl methyl sites for hydroxylation is 3. The lowest BCUT2D eigenvalue weighted by Gasteiger charge is -2.43. The Hall–Kier alpha value is -1.66. The van der Waals surface area contributed by atoms with Crippen molar-refractivity contribution in [3.05, 3.63) is 39.3 Å². The van der Waals surface area contributed by atoms with Crippen molar-refractivity contribution in [2.24, 2.45) is 7.05 Å². The zero-order chi connectivity index (χ0) is 17.1. The molecule has 2 aromatic heterocycles. The van der Waals surface area contributed by atoms with E-state index in [2.05, 4.69) is 18.9 Å². The van der Waals surface area contributed by atoms with Gasteiger partial charge in [-0.15, -0.1) is 11.3 Å². The van der Waals surface area contributed by atoms with Crippen LogP contribution >= 0.6 is 11.3 Å². The Morgan fingerprint density at radius 1 is 1.33 bits per heavy atom. The molecule has 0 aliphatic carbocycles. The maximum atomic E-state index is 13.0. The molecule has 24 heavy (non-hydrogen) atoms. The summed E-state index contributed by atoms with van der Waals surface area (Å²) >= 11 is 1.58. The molecular weight excluding hydrogens is 322 g/mol. The highest BCUT2D eigenvalue weighted by Gasteiger charge is 2.51. The van der Waals surface area contributed by atoms with Crippen LogP contribution in [0.3, 0.4) is 0 Å². The average Bonchev–Trinajstić information content (AvgIpc) is 3.18. The van der Waals surface area contributed by atoms with E-state index in [1.807, 2.05) is 24.1 Å². The second kappa shape index (κ2) is 5.43. The number of carbonyl (C=O) groups is 1. The summed E-state index contributed by atoms with van der Waals surface area (Å²) < 4.78 is 1.75. The van der Waals surface area contributed by atoms with Gasteiger partial charge in [-0.25, -0.2) is 0 Å². The minimum atomic E-state index is -0.880. The lowest BCUT2D eigenvalue weighted by atomic mass is 9.83. The van der Waals surface area contributed by atoms with E-state index in [-0.39, 0.29) is 18.0 Å². The summed E-state index contributed by atoms with van der Waals surface area (Å²) in [5, 5.41) is 15.4. The zero-order valence-electron chi connectivity index (χ0n) is 14.3. The fourth-order valence-electron chi connectivity index (χ4n) is 4.40. The smallest absolute Gasteiger partial charge is 0.264 e. The first-order valence-corrected chi connectivity index (χ1v) is 9.31. The Morgan fingerprint density at radius 3 is 2.50 bits per heavy atom. The number of nitrogens with zero attached hydrogens (tertiary/aromatic N) is 3. The van der Waals surface area contributed by atoms with Crippen LogP contribution in [0.2, 0.25) is 0 Å². The van der Waals surface area contributed by atoms with Gasteiger partial charge >= 0.3 is 0 Å². The van der Waals surface area contributed by atoms with E-state index in [1.165, 1.54) is 10.4 Å². The van der Waals surface area contributed by atoms with Gasteiger partial charge in [0, 0.05) is 43.0 Å². The summed E-state index contributed by atoms with van der Waals surface area (Å²) in [6.07, 6.45) is 4.86. The van der Waals surface area contributed by atoms with Gasteiger partial charge in [0.25, 0.3) is 5.91 Å². The number of hydrogen-bond donors (Lipinski definition) is 1. The predicted molar refractivity (Wildman–Crippen MR) is 93.1 cm³/mol. The van der Waals surface area contributed by atoms with Crippen molar-refractivity contribution in [1.82, 2.24) is 14.7 Å². The summed E-state index contributed by atoms with van der Waals surface area (Å²) in [6, 6.07) is 4.12. The third-order valence-electron chi connectivity index (χ3n) is 5.68. The number of thiophene rings is 1. The molecule has 1 amide bonds. The molecule has 0 spiro atoms. The van der Waals surface area contributed by atoms with E-state index in [1.54, 1.807) is 22.2 Å². The van der Waals surface area contributed by atoms with Crippen LogP contribution in [-0.2, 0) is 12.6 Å². The minimum Gasteiger partial charge on any atom is -0.383 e. The lowest BCUT2D eigenvalue weighted by Crippen LogP contribution is -2.52. The summed E-state index contributed by atoms with van der Waals surface area (Å²) in [6.45, 7) is 4.11. The molecule has 3 atom stereocenters. The Kier molecular flexibility index (Phi) is 3.58. The Labute approximate surface area is 145 Å². The van der Waals surface area contributed by atoms with Crippen LogP contribution in [0.15, 0.2) is 18.3 Å². The second-order valence-electron chi connectivity index (χ2n) is 7.23. The summed E-state index contributed by atoms with van der Waals surface area (Å²) in [5.41, 5.74) is 1.16. The van der Waals surface area contributed by atoms with Crippen molar-refractivity contribution in [2.45, 2.75) is 57.2 Å². The van der Waals surface area contributed by atoms with Crippen molar-refractivity contribution in [2.75, 3.05) is 0 Å². The van der Waals surface area contributed by atoms with Crippen LogP contribution in [-0.4, -0.2) is 37.8 Å². The number of fused-ring (bicyclic) bond motifs is 2. The highest BCUT2D eigenvalue weighted by Crippen LogP contribution is 2.46. The first-order valence-electron chi connectivity index (χ1n) is 8.49. The SMILES string of the molecule is Cc1cc(C(=O)N2[C@@H]3CC[C@H]2CC(O)(c2ccnn2C)C3)sc1C. The van der Waals surface area contributed by atoms with E-state index >= 15 is 0 Å². The van der Waals surface area contributed by atoms with E-state index in [0.29, 0.717) is 12.8 Å². The van der Waals surface area contributed by atoms with Crippen LogP contribution < -0.4 is 0 Å².